The van der Waals surface area contributed by atoms with E-state index in [-0.39, 0.29) is 18.6 Å². The molecule has 4 nitrogen and oxygen atoms in total. The number of ether oxygens (including phenoxy) is 1. The highest BCUT2D eigenvalue weighted by atomic mass is 32.1. The first kappa shape index (κ1) is 20.7. The van der Waals surface area contributed by atoms with Crippen molar-refractivity contribution >= 4 is 28.0 Å². The summed E-state index contributed by atoms with van der Waals surface area (Å²) >= 11 is 1.74. The Kier molecular flexibility index (Phi) is 6.19. The first-order chi connectivity index (χ1) is 15.8. The Morgan fingerprint density at radius 3 is 2.62 bits per heavy atom. The molecule has 3 aromatic carbocycles. The summed E-state index contributed by atoms with van der Waals surface area (Å²) in [4.78, 5) is 16.3. The Bertz CT molecular complexity index is 1210. The van der Waals surface area contributed by atoms with Gasteiger partial charge in [-0.05, 0) is 51.9 Å². The Morgan fingerprint density at radius 2 is 1.78 bits per heavy atom. The van der Waals surface area contributed by atoms with Crippen molar-refractivity contribution in [2.75, 3.05) is 19.7 Å². The van der Waals surface area contributed by atoms with Crippen molar-refractivity contribution in [3.63, 3.8) is 0 Å². The molecule has 1 amide bonds. The van der Waals surface area contributed by atoms with Gasteiger partial charge in [0.1, 0.15) is 5.75 Å². The molecule has 1 aromatic heterocycles. The van der Waals surface area contributed by atoms with Crippen molar-refractivity contribution in [2.24, 2.45) is 0 Å². The molecule has 0 fully saturated rings. The lowest BCUT2D eigenvalue weighted by atomic mass is 9.98. The number of carbonyl (C=O) groups is 1. The molecule has 0 saturated heterocycles. The van der Waals surface area contributed by atoms with Crippen LogP contribution >= 0.6 is 11.3 Å². The molecule has 4 aromatic rings. The molecule has 0 radical (unpaired) electrons. The second-order valence-electron chi connectivity index (χ2n) is 8.12. The number of rotatable bonds is 7. The molecule has 5 heteroatoms. The van der Waals surface area contributed by atoms with Crippen molar-refractivity contribution in [3.8, 4) is 5.75 Å². The van der Waals surface area contributed by atoms with Gasteiger partial charge in [-0.3, -0.25) is 9.69 Å². The molecular weight excluding hydrogens is 416 g/mol. The predicted octanol–water partition coefficient (Wildman–Crippen LogP) is 5.20. The van der Waals surface area contributed by atoms with Crippen LogP contribution in [0.5, 0.6) is 5.75 Å². The molecule has 0 spiro atoms. The van der Waals surface area contributed by atoms with Crippen LogP contribution in [-0.4, -0.2) is 30.5 Å². The van der Waals surface area contributed by atoms with Crippen LogP contribution in [0.2, 0.25) is 0 Å². The standard InChI is InChI=1S/C27H26N2O2S/c30-27(19-31-24-12-11-20-6-1-3-8-22(20)16-24)28-17-25(26-10-5-15-32-26)29-14-13-21-7-2-4-9-23(21)18-29/h1-12,15-16,25H,13-14,17-19H2,(H,28,30)/t25-/m0/s1. The highest BCUT2D eigenvalue weighted by Gasteiger charge is 2.25. The van der Waals surface area contributed by atoms with Gasteiger partial charge in [0.25, 0.3) is 5.91 Å². The zero-order chi connectivity index (χ0) is 21.8. The van der Waals surface area contributed by atoms with Crippen LogP contribution in [0, 0.1) is 0 Å². The molecule has 0 saturated carbocycles. The Hall–Kier alpha value is -3.15. The number of hydrogen-bond acceptors (Lipinski definition) is 4. The van der Waals surface area contributed by atoms with Gasteiger partial charge in [-0.1, -0.05) is 60.7 Å². The van der Waals surface area contributed by atoms with E-state index in [2.05, 4.69) is 58.1 Å². The SMILES string of the molecule is O=C(COc1ccc2ccccc2c1)NC[C@@H](c1cccs1)N1CCc2ccccc2C1. The second-order valence-corrected chi connectivity index (χ2v) is 9.10. The molecule has 0 aliphatic carbocycles. The third-order valence-corrected chi connectivity index (χ3v) is 7.03. The van der Waals surface area contributed by atoms with E-state index in [1.54, 1.807) is 11.3 Å². The molecule has 5 rings (SSSR count). The number of carbonyl (C=O) groups excluding carboxylic acids is 1. The zero-order valence-corrected chi connectivity index (χ0v) is 18.7. The van der Waals surface area contributed by atoms with E-state index < -0.39 is 0 Å². The lowest BCUT2D eigenvalue weighted by Crippen LogP contribution is -2.41. The number of nitrogens with zero attached hydrogens (tertiary/aromatic N) is 1. The van der Waals surface area contributed by atoms with Crippen LogP contribution in [0.1, 0.15) is 22.0 Å². The largest absolute Gasteiger partial charge is 0.484 e. The fourth-order valence-corrected chi connectivity index (χ4v) is 5.20. The summed E-state index contributed by atoms with van der Waals surface area (Å²) in [5.41, 5.74) is 2.81. The lowest BCUT2D eigenvalue weighted by molar-refractivity contribution is -0.123. The van der Waals surface area contributed by atoms with Gasteiger partial charge in [0.15, 0.2) is 6.61 Å². The maximum absolute atomic E-state index is 12.6. The minimum Gasteiger partial charge on any atom is -0.484 e. The molecule has 1 atom stereocenters. The maximum Gasteiger partial charge on any atom is 0.258 e. The van der Waals surface area contributed by atoms with Gasteiger partial charge >= 0.3 is 0 Å². The average molecular weight is 443 g/mol. The molecule has 1 N–H and O–H groups in total. The Morgan fingerprint density at radius 1 is 0.969 bits per heavy atom. The van der Waals surface area contributed by atoms with Gasteiger partial charge in [-0.15, -0.1) is 11.3 Å². The lowest BCUT2D eigenvalue weighted by Gasteiger charge is -2.35. The van der Waals surface area contributed by atoms with E-state index in [0.717, 1.165) is 30.3 Å². The maximum atomic E-state index is 12.6. The second kappa shape index (κ2) is 9.55. The van der Waals surface area contributed by atoms with Crippen LogP contribution in [0.3, 0.4) is 0 Å². The van der Waals surface area contributed by atoms with Crippen molar-refractivity contribution < 1.29 is 9.53 Å². The van der Waals surface area contributed by atoms with Gasteiger partial charge in [-0.2, -0.15) is 0 Å². The molecule has 2 heterocycles. The molecule has 162 valence electrons. The Labute approximate surface area is 192 Å². The van der Waals surface area contributed by atoms with Crippen molar-refractivity contribution in [1.29, 1.82) is 0 Å². The fourth-order valence-electron chi connectivity index (χ4n) is 4.34. The van der Waals surface area contributed by atoms with Crippen LogP contribution < -0.4 is 10.1 Å². The number of thiophene rings is 1. The normalized spacial score (nSPS) is 14.6. The first-order valence-corrected chi connectivity index (χ1v) is 11.9. The van der Waals surface area contributed by atoms with Crippen molar-refractivity contribution in [2.45, 2.75) is 19.0 Å². The van der Waals surface area contributed by atoms with E-state index in [0.29, 0.717) is 12.3 Å². The summed E-state index contributed by atoms with van der Waals surface area (Å²) in [5.74, 6) is 0.610. The molecule has 32 heavy (non-hydrogen) atoms. The quantitative estimate of drug-likeness (QED) is 0.428. The number of hydrogen-bond donors (Lipinski definition) is 1. The van der Waals surface area contributed by atoms with E-state index in [9.17, 15) is 4.79 Å². The van der Waals surface area contributed by atoms with Crippen molar-refractivity contribution in [3.05, 3.63) is 100 Å². The summed E-state index contributed by atoms with van der Waals surface area (Å²) < 4.78 is 5.77. The van der Waals surface area contributed by atoms with Crippen molar-refractivity contribution in [1.82, 2.24) is 10.2 Å². The highest BCUT2D eigenvalue weighted by molar-refractivity contribution is 7.10. The van der Waals surface area contributed by atoms with Gasteiger partial charge in [-0.25, -0.2) is 0 Å². The molecule has 1 aliphatic rings. The average Bonchev–Trinajstić information content (AvgIpc) is 3.37. The first-order valence-electron chi connectivity index (χ1n) is 11.0. The van der Waals surface area contributed by atoms with E-state index in [1.807, 2.05) is 36.4 Å². The minimum absolute atomic E-state index is 0.0122. The highest BCUT2D eigenvalue weighted by Crippen LogP contribution is 2.30. The number of amides is 1. The van der Waals surface area contributed by atoms with Crippen LogP contribution in [-0.2, 0) is 17.8 Å². The monoisotopic (exact) mass is 442 g/mol. The minimum atomic E-state index is -0.0999. The van der Waals surface area contributed by atoms with Gasteiger partial charge < -0.3 is 10.1 Å². The summed E-state index contributed by atoms with van der Waals surface area (Å²) in [6.07, 6.45) is 1.04. The van der Waals surface area contributed by atoms with Gasteiger partial charge in [0.2, 0.25) is 0 Å². The van der Waals surface area contributed by atoms with Gasteiger partial charge in [0, 0.05) is 24.5 Å². The molecular formula is C27H26N2O2S. The summed E-state index contributed by atoms with van der Waals surface area (Å²) in [6, 6.07) is 27.1. The van der Waals surface area contributed by atoms with Crippen LogP contribution in [0.4, 0.5) is 0 Å². The topological polar surface area (TPSA) is 41.6 Å². The number of benzene rings is 3. The fraction of sp³-hybridized carbons (Fsp3) is 0.222. The van der Waals surface area contributed by atoms with Gasteiger partial charge in [0.05, 0.1) is 6.04 Å². The van der Waals surface area contributed by atoms with E-state index in [1.165, 1.54) is 16.0 Å². The van der Waals surface area contributed by atoms with E-state index >= 15 is 0 Å². The summed E-state index contributed by atoms with van der Waals surface area (Å²) in [5, 5.41) is 7.47. The molecule has 0 bridgehead atoms. The zero-order valence-electron chi connectivity index (χ0n) is 17.9. The molecule has 1 aliphatic heterocycles. The molecule has 0 unspecified atom stereocenters. The predicted molar refractivity (Wildman–Crippen MR) is 130 cm³/mol. The number of nitrogens with one attached hydrogen (secondary N) is 1. The third kappa shape index (κ3) is 4.69. The van der Waals surface area contributed by atoms with E-state index in [4.69, 9.17) is 4.74 Å². The van der Waals surface area contributed by atoms with Crippen LogP contribution in [0.25, 0.3) is 10.8 Å². The van der Waals surface area contributed by atoms with Crippen LogP contribution in [0.15, 0.2) is 84.2 Å². The Balaban J connectivity index is 1.21. The summed E-state index contributed by atoms with van der Waals surface area (Å²) in [6.45, 7) is 2.48. The number of fused-ring (bicyclic) bond motifs is 2. The third-order valence-electron chi connectivity index (χ3n) is 6.06. The smallest absolute Gasteiger partial charge is 0.258 e. The summed E-state index contributed by atoms with van der Waals surface area (Å²) in [7, 11) is 0.